The Morgan fingerprint density at radius 1 is 1.30 bits per heavy atom. The fourth-order valence-electron chi connectivity index (χ4n) is 2.56. The summed E-state index contributed by atoms with van der Waals surface area (Å²) in [6.45, 7) is 3.99. The molecule has 4 heteroatoms. The van der Waals surface area contributed by atoms with Gasteiger partial charge in [-0.2, -0.15) is 0 Å². The Bertz CT molecular complexity index is 459. The van der Waals surface area contributed by atoms with Gasteiger partial charge < -0.3 is 10.2 Å². The molecule has 1 fully saturated rings. The molecule has 1 aromatic rings. The third kappa shape index (κ3) is 3.59. The predicted molar refractivity (Wildman–Crippen MR) is 78.8 cm³/mol. The molecule has 0 saturated carbocycles. The molecule has 2 rings (SSSR count). The number of likely N-dealkylation sites (tertiary alicyclic amines) is 1. The normalized spacial score (nSPS) is 18.6. The van der Waals surface area contributed by atoms with Crippen molar-refractivity contribution in [2.24, 2.45) is 5.92 Å². The third-order valence-corrected chi connectivity index (χ3v) is 3.66. The van der Waals surface area contributed by atoms with E-state index in [2.05, 4.69) is 5.32 Å². The summed E-state index contributed by atoms with van der Waals surface area (Å²) in [5.41, 5.74) is 0.744. The number of nitrogens with zero attached hydrogens (tertiary/aromatic N) is 1. The molecule has 1 aromatic carbocycles. The second kappa shape index (κ2) is 7.08. The summed E-state index contributed by atoms with van der Waals surface area (Å²) >= 11 is 0. The van der Waals surface area contributed by atoms with E-state index in [0.29, 0.717) is 13.1 Å². The quantitative estimate of drug-likeness (QED) is 0.858. The van der Waals surface area contributed by atoms with Crippen molar-refractivity contribution in [3.63, 3.8) is 0 Å². The van der Waals surface area contributed by atoms with Gasteiger partial charge in [-0.15, -0.1) is 0 Å². The number of hydrogen-bond acceptors (Lipinski definition) is 2. The molecule has 0 bridgehead atoms. The molecule has 1 saturated heterocycles. The molecule has 0 radical (unpaired) electrons. The topological polar surface area (TPSA) is 49.4 Å². The van der Waals surface area contributed by atoms with Crippen molar-refractivity contribution >= 4 is 11.8 Å². The third-order valence-electron chi connectivity index (χ3n) is 3.66. The molecule has 4 nitrogen and oxygen atoms in total. The summed E-state index contributed by atoms with van der Waals surface area (Å²) in [5, 5.41) is 2.88. The van der Waals surface area contributed by atoms with Gasteiger partial charge in [0.2, 0.25) is 0 Å². The van der Waals surface area contributed by atoms with Gasteiger partial charge >= 0.3 is 6.03 Å². The highest BCUT2D eigenvalue weighted by Gasteiger charge is 2.28. The van der Waals surface area contributed by atoms with Gasteiger partial charge in [-0.1, -0.05) is 37.3 Å². The van der Waals surface area contributed by atoms with E-state index in [4.69, 9.17) is 0 Å². The van der Waals surface area contributed by atoms with Crippen LogP contribution in [0, 0.1) is 5.92 Å². The first-order valence-electron chi connectivity index (χ1n) is 7.34. The molecule has 1 unspecified atom stereocenters. The average molecular weight is 274 g/mol. The molecule has 108 valence electrons. The zero-order valence-corrected chi connectivity index (χ0v) is 12.0. The van der Waals surface area contributed by atoms with Gasteiger partial charge in [-0.25, -0.2) is 4.79 Å². The second-order valence-corrected chi connectivity index (χ2v) is 5.25. The van der Waals surface area contributed by atoms with Gasteiger partial charge in [0, 0.05) is 31.1 Å². The Hall–Kier alpha value is -1.84. The number of benzene rings is 1. The van der Waals surface area contributed by atoms with Crippen LogP contribution in [0.2, 0.25) is 0 Å². The monoisotopic (exact) mass is 274 g/mol. The smallest absolute Gasteiger partial charge is 0.317 e. The van der Waals surface area contributed by atoms with Crippen molar-refractivity contribution in [2.75, 3.05) is 19.6 Å². The number of piperidine rings is 1. The van der Waals surface area contributed by atoms with E-state index in [-0.39, 0.29) is 17.7 Å². The highest BCUT2D eigenvalue weighted by molar-refractivity contribution is 5.98. The number of urea groups is 1. The van der Waals surface area contributed by atoms with Crippen LogP contribution in [0.1, 0.15) is 36.5 Å². The van der Waals surface area contributed by atoms with E-state index < -0.39 is 0 Å². The van der Waals surface area contributed by atoms with Gasteiger partial charge in [0.05, 0.1) is 0 Å². The molecular weight excluding hydrogens is 252 g/mol. The van der Waals surface area contributed by atoms with E-state index in [9.17, 15) is 9.59 Å². The van der Waals surface area contributed by atoms with E-state index in [1.165, 1.54) is 0 Å². The van der Waals surface area contributed by atoms with Gasteiger partial charge in [0.1, 0.15) is 0 Å². The summed E-state index contributed by atoms with van der Waals surface area (Å²) in [4.78, 5) is 26.2. The lowest BCUT2D eigenvalue weighted by Crippen LogP contribution is -2.47. The first kappa shape index (κ1) is 14.6. The lowest BCUT2D eigenvalue weighted by Gasteiger charge is -2.32. The molecule has 0 aliphatic carbocycles. The van der Waals surface area contributed by atoms with Crippen LogP contribution in [-0.4, -0.2) is 36.3 Å². The Balaban J connectivity index is 1.96. The zero-order chi connectivity index (χ0) is 14.4. The number of carbonyl (C=O) groups excluding carboxylic acids is 2. The molecule has 2 amide bonds. The Morgan fingerprint density at radius 3 is 2.75 bits per heavy atom. The van der Waals surface area contributed by atoms with Gasteiger partial charge in [-0.3, -0.25) is 4.79 Å². The fourth-order valence-corrected chi connectivity index (χ4v) is 2.56. The van der Waals surface area contributed by atoms with Crippen LogP contribution >= 0.6 is 0 Å². The SMILES string of the molecule is CCCNC(=O)N1CCCC(C(=O)c2ccccc2)C1. The van der Waals surface area contributed by atoms with Gasteiger partial charge in [-0.05, 0) is 19.3 Å². The van der Waals surface area contributed by atoms with E-state index >= 15 is 0 Å². The lowest BCUT2D eigenvalue weighted by molar-refractivity contribution is 0.0846. The Kier molecular flexibility index (Phi) is 5.16. The highest BCUT2D eigenvalue weighted by atomic mass is 16.2. The summed E-state index contributed by atoms with van der Waals surface area (Å²) in [6.07, 6.45) is 2.68. The highest BCUT2D eigenvalue weighted by Crippen LogP contribution is 2.20. The van der Waals surface area contributed by atoms with Crippen molar-refractivity contribution in [1.82, 2.24) is 10.2 Å². The molecular formula is C16H22N2O2. The van der Waals surface area contributed by atoms with E-state index in [1.54, 1.807) is 4.90 Å². The first-order chi connectivity index (χ1) is 9.72. The maximum Gasteiger partial charge on any atom is 0.317 e. The summed E-state index contributed by atoms with van der Waals surface area (Å²) in [5.74, 6) is 0.0807. The van der Waals surface area contributed by atoms with Crippen LogP contribution in [0.25, 0.3) is 0 Å². The number of amides is 2. The number of ketones is 1. The second-order valence-electron chi connectivity index (χ2n) is 5.25. The van der Waals surface area contributed by atoms with Crippen molar-refractivity contribution in [3.05, 3.63) is 35.9 Å². The standard InChI is InChI=1S/C16H22N2O2/c1-2-10-17-16(20)18-11-6-9-14(12-18)15(19)13-7-4-3-5-8-13/h3-5,7-8,14H,2,6,9-12H2,1H3,(H,17,20). The number of rotatable bonds is 4. The number of carbonyl (C=O) groups is 2. The molecule has 1 aliphatic rings. The lowest BCUT2D eigenvalue weighted by atomic mass is 9.90. The molecule has 0 spiro atoms. The molecule has 0 aromatic heterocycles. The minimum absolute atomic E-state index is 0.0441. The van der Waals surface area contributed by atoms with E-state index in [1.807, 2.05) is 37.3 Å². The molecule has 1 atom stereocenters. The predicted octanol–water partition coefficient (Wildman–Crippen LogP) is 2.70. The minimum Gasteiger partial charge on any atom is -0.338 e. The van der Waals surface area contributed by atoms with Crippen molar-refractivity contribution in [3.8, 4) is 0 Å². The summed E-state index contributed by atoms with van der Waals surface area (Å²) in [7, 11) is 0. The van der Waals surface area contributed by atoms with Crippen LogP contribution < -0.4 is 5.32 Å². The number of nitrogens with one attached hydrogen (secondary N) is 1. The zero-order valence-electron chi connectivity index (χ0n) is 12.0. The van der Waals surface area contributed by atoms with Crippen molar-refractivity contribution < 1.29 is 9.59 Å². The largest absolute Gasteiger partial charge is 0.338 e. The molecule has 1 N–H and O–H groups in total. The van der Waals surface area contributed by atoms with E-state index in [0.717, 1.165) is 31.4 Å². The Labute approximate surface area is 120 Å². The van der Waals surface area contributed by atoms with Crippen LogP contribution in [0.3, 0.4) is 0 Å². The minimum atomic E-state index is -0.0708. The average Bonchev–Trinajstić information content (AvgIpc) is 2.52. The van der Waals surface area contributed by atoms with Crippen LogP contribution in [-0.2, 0) is 0 Å². The molecule has 20 heavy (non-hydrogen) atoms. The maximum absolute atomic E-state index is 12.4. The number of hydrogen-bond donors (Lipinski definition) is 1. The maximum atomic E-state index is 12.4. The molecule has 1 heterocycles. The van der Waals surface area contributed by atoms with Crippen LogP contribution in [0.5, 0.6) is 0 Å². The van der Waals surface area contributed by atoms with Crippen LogP contribution in [0.15, 0.2) is 30.3 Å². The summed E-state index contributed by atoms with van der Waals surface area (Å²) in [6, 6.07) is 9.31. The number of Topliss-reactive ketones (excluding diaryl/α,β-unsaturated/α-hetero) is 1. The summed E-state index contributed by atoms with van der Waals surface area (Å²) < 4.78 is 0. The fraction of sp³-hybridized carbons (Fsp3) is 0.500. The first-order valence-corrected chi connectivity index (χ1v) is 7.34. The van der Waals surface area contributed by atoms with Crippen molar-refractivity contribution in [2.45, 2.75) is 26.2 Å². The van der Waals surface area contributed by atoms with Gasteiger partial charge in [0.25, 0.3) is 0 Å². The van der Waals surface area contributed by atoms with Crippen molar-refractivity contribution in [1.29, 1.82) is 0 Å². The van der Waals surface area contributed by atoms with Gasteiger partial charge in [0.15, 0.2) is 5.78 Å². The molecule has 1 aliphatic heterocycles. The van der Waals surface area contributed by atoms with Crippen LogP contribution in [0.4, 0.5) is 4.79 Å². The Morgan fingerprint density at radius 2 is 2.05 bits per heavy atom.